The highest BCUT2D eigenvalue weighted by molar-refractivity contribution is 6.30. The molecule has 0 aliphatic heterocycles. The van der Waals surface area contributed by atoms with Crippen LogP contribution in [0.25, 0.3) is 0 Å². The van der Waals surface area contributed by atoms with Crippen molar-refractivity contribution in [1.82, 2.24) is 5.43 Å². The van der Waals surface area contributed by atoms with Crippen LogP contribution in [-0.2, 0) is 9.59 Å². The van der Waals surface area contributed by atoms with Crippen molar-refractivity contribution in [3.05, 3.63) is 59.1 Å². The first-order valence-electron chi connectivity index (χ1n) is 7.09. The zero-order valence-electron chi connectivity index (χ0n) is 13.0. The third-order valence-electron chi connectivity index (χ3n) is 2.98. The number of methoxy groups -OCH3 is 1. The zero-order chi connectivity index (χ0) is 17.4. The van der Waals surface area contributed by atoms with Gasteiger partial charge in [0.15, 0.2) is 0 Å². The van der Waals surface area contributed by atoms with Crippen molar-refractivity contribution in [2.45, 2.75) is 6.42 Å². The summed E-state index contributed by atoms with van der Waals surface area (Å²) in [5, 5.41) is 7.02. The predicted octanol–water partition coefficient (Wildman–Crippen LogP) is 2.83. The first-order valence-corrected chi connectivity index (χ1v) is 7.46. The lowest BCUT2D eigenvalue weighted by Gasteiger charge is -2.09. The maximum Gasteiger partial charge on any atom is 0.249 e. The Bertz CT molecular complexity index is 745. The van der Waals surface area contributed by atoms with E-state index in [1.54, 1.807) is 48.5 Å². The number of nitrogens with zero attached hydrogens (tertiary/aromatic N) is 1. The van der Waals surface area contributed by atoms with Gasteiger partial charge in [-0.15, -0.1) is 0 Å². The van der Waals surface area contributed by atoms with E-state index in [4.69, 9.17) is 16.3 Å². The normalized spacial score (nSPS) is 10.4. The average molecular weight is 346 g/mol. The number of halogens is 1. The van der Waals surface area contributed by atoms with Gasteiger partial charge in [0, 0.05) is 5.02 Å². The van der Waals surface area contributed by atoms with E-state index >= 15 is 0 Å². The third kappa shape index (κ3) is 5.40. The van der Waals surface area contributed by atoms with Crippen LogP contribution in [0.1, 0.15) is 12.0 Å². The molecule has 2 rings (SSSR count). The van der Waals surface area contributed by atoms with Crippen LogP contribution in [0.4, 0.5) is 5.69 Å². The van der Waals surface area contributed by atoms with Gasteiger partial charge in [0.05, 0.1) is 19.0 Å². The molecule has 2 N–H and O–H groups in total. The standard InChI is InChI=1S/C17H16ClN3O3/c1-24-15-5-3-2-4-14(15)20-16(22)10-17(23)21-19-11-12-6-8-13(18)9-7-12/h2-9,11H,10H2,1H3,(H,20,22)(H,21,23). The fourth-order valence-corrected chi connectivity index (χ4v) is 1.98. The van der Waals surface area contributed by atoms with E-state index in [2.05, 4.69) is 15.8 Å². The molecule has 0 aliphatic rings. The Kier molecular flexibility index (Phi) is 6.33. The summed E-state index contributed by atoms with van der Waals surface area (Å²) in [5.41, 5.74) is 3.57. The van der Waals surface area contributed by atoms with E-state index in [1.807, 2.05) is 0 Å². The number of carbonyl (C=O) groups excluding carboxylic acids is 2. The Balaban J connectivity index is 1.83. The molecule has 24 heavy (non-hydrogen) atoms. The number of amides is 2. The molecule has 0 saturated carbocycles. The molecule has 0 atom stereocenters. The van der Waals surface area contributed by atoms with Crippen LogP contribution in [0.3, 0.4) is 0 Å². The minimum atomic E-state index is -0.521. The summed E-state index contributed by atoms with van der Waals surface area (Å²) in [6, 6.07) is 13.9. The summed E-state index contributed by atoms with van der Waals surface area (Å²) in [4.78, 5) is 23.6. The first kappa shape index (κ1) is 17.5. The maximum atomic E-state index is 11.9. The van der Waals surface area contributed by atoms with Crippen molar-refractivity contribution in [2.24, 2.45) is 5.10 Å². The van der Waals surface area contributed by atoms with E-state index in [-0.39, 0.29) is 6.42 Å². The lowest BCUT2D eigenvalue weighted by molar-refractivity contribution is -0.126. The molecule has 2 aromatic carbocycles. The van der Waals surface area contributed by atoms with Crippen LogP contribution in [0.15, 0.2) is 53.6 Å². The van der Waals surface area contributed by atoms with Crippen LogP contribution in [0.5, 0.6) is 5.75 Å². The second-order valence-corrected chi connectivity index (χ2v) is 5.21. The highest BCUT2D eigenvalue weighted by Gasteiger charge is 2.11. The summed E-state index contributed by atoms with van der Waals surface area (Å²) in [5.74, 6) is -0.460. The molecule has 0 aliphatic carbocycles. The summed E-state index contributed by atoms with van der Waals surface area (Å²) < 4.78 is 5.13. The fourth-order valence-electron chi connectivity index (χ4n) is 1.86. The largest absolute Gasteiger partial charge is 0.495 e. The number of nitrogens with one attached hydrogen (secondary N) is 2. The second-order valence-electron chi connectivity index (χ2n) is 4.77. The Hall–Kier alpha value is -2.86. The number of benzene rings is 2. The highest BCUT2D eigenvalue weighted by Crippen LogP contribution is 2.22. The van der Waals surface area contributed by atoms with Gasteiger partial charge in [-0.25, -0.2) is 5.43 Å². The first-order chi connectivity index (χ1) is 11.6. The minimum Gasteiger partial charge on any atom is -0.495 e. The van der Waals surface area contributed by atoms with Crippen molar-refractivity contribution in [2.75, 3.05) is 12.4 Å². The fraction of sp³-hybridized carbons (Fsp3) is 0.118. The number of anilines is 1. The van der Waals surface area contributed by atoms with Gasteiger partial charge >= 0.3 is 0 Å². The number of ether oxygens (including phenoxy) is 1. The van der Waals surface area contributed by atoms with E-state index in [1.165, 1.54) is 13.3 Å². The molecular formula is C17H16ClN3O3. The number of hydrazone groups is 1. The van der Waals surface area contributed by atoms with Crippen molar-refractivity contribution >= 4 is 35.3 Å². The Morgan fingerprint density at radius 1 is 1.12 bits per heavy atom. The zero-order valence-corrected chi connectivity index (χ0v) is 13.7. The molecule has 2 amide bonds. The number of hydrogen-bond donors (Lipinski definition) is 2. The van der Waals surface area contributed by atoms with Gasteiger partial charge in [0.2, 0.25) is 11.8 Å². The predicted molar refractivity (Wildman–Crippen MR) is 93.4 cm³/mol. The second kappa shape index (κ2) is 8.69. The van der Waals surface area contributed by atoms with Crippen molar-refractivity contribution in [3.8, 4) is 5.75 Å². The van der Waals surface area contributed by atoms with Crippen LogP contribution in [-0.4, -0.2) is 25.1 Å². The van der Waals surface area contributed by atoms with E-state index in [0.717, 1.165) is 5.56 Å². The quantitative estimate of drug-likeness (QED) is 0.480. The van der Waals surface area contributed by atoms with Crippen LogP contribution >= 0.6 is 11.6 Å². The molecule has 0 saturated heterocycles. The van der Waals surface area contributed by atoms with Gasteiger partial charge in [-0.1, -0.05) is 35.9 Å². The van der Waals surface area contributed by atoms with Crippen LogP contribution in [0.2, 0.25) is 5.02 Å². The van der Waals surface area contributed by atoms with E-state index in [0.29, 0.717) is 16.5 Å². The molecule has 2 aromatic rings. The molecule has 0 heterocycles. The van der Waals surface area contributed by atoms with Gasteiger partial charge < -0.3 is 10.1 Å². The molecule has 0 radical (unpaired) electrons. The van der Waals surface area contributed by atoms with Crippen LogP contribution < -0.4 is 15.5 Å². The molecule has 6 nitrogen and oxygen atoms in total. The molecule has 0 unspecified atom stereocenters. The van der Waals surface area contributed by atoms with Gasteiger partial charge in [0.25, 0.3) is 0 Å². The van der Waals surface area contributed by atoms with Crippen molar-refractivity contribution in [1.29, 1.82) is 0 Å². The monoisotopic (exact) mass is 345 g/mol. The molecule has 7 heteroatoms. The number of hydrogen-bond acceptors (Lipinski definition) is 4. The third-order valence-corrected chi connectivity index (χ3v) is 3.23. The van der Waals surface area contributed by atoms with Crippen molar-refractivity contribution in [3.63, 3.8) is 0 Å². The molecule has 0 bridgehead atoms. The summed E-state index contributed by atoms with van der Waals surface area (Å²) in [7, 11) is 1.50. The van der Waals surface area contributed by atoms with Gasteiger partial charge in [-0.2, -0.15) is 5.10 Å². The highest BCUT2D eigenvalue weighted by atomic mass is 35.5. The van der Waals surface area contributed by atoms with E-state index in [9.17, 15) is 9.59 Å². The lowest BCUT2D eigenvalue weighted by atomic mass is 10.2. The van der Waals surface area contributed by atoms with Gasteiger partial charge in [-0.3, -0.25) is 9.59 Å². The molecule has 124 valence electrons. The summed E-state index contributed by atoms with van der Waals surface area (Å²) in [6.07, 6.45) is 1.11. The topological polar surface area (TPSA) is 79.8 Å². The SMILES string of the molecule is COc1ccccc1NC(=O)CC(=O)NN=Cc1ccc(Cl)cc1. The average Bonchev–Trinajstić information content (AvgIpc) is 2.57. The van der Waals surface area contributed by atoms with Gasteiger partial charge in [-0.05, 0) is 29.8 Å². The number of para-hydroxylation sites is 2. The van der Waals surface area contributed by atoms with E-state index < -0.39 is 11.8 Å². The Morgan fingerprint density at radius 3 is 2.54 bits per heavy atom. The molecule has 0 spiro atoms. The Morgan fingerprint density at radius 2 is 1.83 bits per heavy atom. The number of rotatable bonds is 6. The number of carbonyl (C=O) groups is 2. The summed E-state index contributed by atoms with van der Waals surface area (Å²) >= 11 is 5.77. The molecular weight excluding hydrogens is 330 g/mol. The Labute approximate surface area is 144 Å². The van der Waals surface area contributed by atoms with Gasteiger partial charge in [0.1, 0.15) is 12.2 Å². The van der Waals surface area contributed by atoms with Crippen molar-refractivity contribution < 1.29 is 14.3 Å². The van der Waals surface area contributed by atoms with Crippen LogP contribution in [0, 0.1) is 0 Å². The smallest absolute Gasteiger partial charge is 0.249 e. The minimum absolute atomic E-state index is 0.351. The lowest BCUT2D eigenvalue weighted by Crippen LogP contribution is -2.24. The maximum absolute atomic E-state index is 11.9. The summed E-state index contributed by atoms with van der Waals surface area (Å²) in [6.45, 7) is 0. The molecule has 0 fully saturated rings. The molecule has 0 aromatic heterocycles.